The number of amides is 2. The molecule has 2 amide bonds. The summed E-state index contributed by atoms with van der Waals surface area (Å²) in [7, 11) is 0. The van der Waals surface area contributed by atoms with Gasteiger partial charge in [0.2, 0.25) is 11.7 Å². The van der Waals surface area contributed by atoms with Gasteiger partial charge in [0, 0.05) is 32.1 Å². The summed E-state index contributed by atoms with van der Waals surface area (Å²) in [5.41, 5.74) is 0. The van der Waals surface area contributed by atoms with Gasteiger partial charge in [-0.2, -0.15) is 13.2 Å². The molecule has 1 N–H and O–H groups in total. The number of alkyl halides is 3. The first-order chi connectivity index (χ1) is 12.8. The van der Waals surface area contributed by atoms with Gasteiger partial charge in [0.25, 0.3) is 0 Å². The Morgan fingerprint density at radius 2 is 1.78 bits per heavy atom. The van der Waals surface area contributed by atoms with E-state index in [9.17, 15) is 27.9 Å². The Kier molecular flexibility index (Phi) is 4.26. The van der Waals surface area contributed by atoms with Crippen molar-refractivity contribution in [3.8, 4) is 0 Å². The fourth-order valence-corrected chi connectivity index (χ4v) is 4.25. The van der Waals surface area contributed by atoms with Gasteiger partial charge in [-0.1, -0.05) is 0 Å². The van der Waals surface area contributed by atoms with Crippen LogP contribution in [-0.4, -0.2) is 61.3 Å². The van der Waals surface area contributed by atoms with E-state index in [1.165, 1.54) is 4.90 Å². The van der Waals surface area contributed by atoms with E-state index >= 15 is 0 Å². The van der Waals surface area contributed by atoms with E-state index in [0.717, 1.165) is 17.4 Å². The molecule has 11 heteroatoms. The third-order valence-electron chi connectivity index (χ3n) is 5.79. The molecule has 1 saturated heterocycles. The largest absolute Gasteiger partial charge is 0.465 e. The molecule has 8 nitrogen and oxygen atoms in total. The zero-order valence-electron chi connectivity index (χ0n) is 14.5. The molecule has 1 aromatic heterocycles. The van der Waals surface area contributed by atoms with Gasteiger partial charge in [0.1, 0.15) is 0 Å². The Morgan fingerprint density at radius 3 is 2.41 bits per heavy atom. The van der Waals surface area contributed by atoms with Gasteiger partial charge in [-0.05, 0) is 31.1 Å². The molecule has 3 aliphatic rings. The van der Waals surface area contributed by atoms with Crippen LogP contribution in [0.1, 0.15) is 30.9 Å². The van der Waals surface area contributed by atoms with E-state index in [4.69, 9.17) is 0 Å². The van der Waals surface area contributed by atoms with Crippen molar-refractivity contribution in [1.29, 1.82) is 0 Å². The lowest BCUT2D eigenvalue weighted by Gasteiger charge is -2.39. The third kappa shape index (κ3) is 3.34. The predicted octanol–water partition coefficient (Wildman–Crippen LogP) is 1.67. The standard InChI is InChI=1S/C16H20F3N5O3/c17-16(18,19)14-21-20-12-8-22(5-6-24(12)14)13(25)10-3-4-23(15(26)27)7-11(10)9-1-2-9/h9-11H,1-8H2,(H,26,27)/t10-,11-/m1/s1. The number of piperidine rings is 1. The van der Waals surface area contributed by atoms with Crippen molar-refractivity contribution in [2.24, 2.45) is 17.8 Å². The number of halogens is 3. The molecule has 0 radical (unpaired) electrons. The van der Waals surface area contributed by atoms with Gasteiger partial charge < -0.3 is 19.5 Å². The van der Waals surface area contributed by atoms with Crippen molar-refractivity contribution in [2.75, 3.05) is 19.6 Å². The molecule has 3 heterocycles. The van der Waals surface area contributed by atoms with Crippen LogP contribution in [0, 0.1) is 17.8 Å². The monoisotopic (exact) mass is 387 g/mol. The molecule has 2 aliphatic heterocycles. The molecular formula is C16H20F3N5O3. The number of rotatable bonds is 2. The Hall–Kier alpha value is -2.33. The Bertz CT molecular complexity index is 761. The molecule has 0 bridgehead atoms. The first-order valence-electron chi connectivity index (χ1n) is 9.01. The van der Waals surface area contributed by atoms with Crippen molar-refractivity contribution in [1.82, 2.24) is 24.6 Å². The van der Waals surface area contributed by atoms with Crippen LogP contribution in [0.15, 0.2) is 0 Å². The second kappa shape index (κ2) is 6.38. The van der Waals surface area contributed by atoms with Gasteiger partial charge in [-0.3, -0.25) is 4.79 Å². The molecule has 148 valence electrons. The molecule has 4 rings (SSSR count). The van der Waals surface area contributed by atoms with Crippen LogP contribution in [0.2, 0.25) is 0 Å². The van der Waals surface area contributed by atoms with Crippen LogP contribution >= 0.6 is 0 Å². The normalized spacial score (nSPS) is 26.0. The number of nitrogens with zero attached hydrogens (tertiary/aromatic N) is 5. The first kappa shape index (κ1) is 18.1. The number of carbonyl (C=O) groups is 2. The SMILES string of the molecule is O=C(O)N1CC[C@@H](C(=O)N2CCn3c(nnc3C(F)(F)F)C2)[C@@H](C2CC2)C1. The summed E-state index contributed by atoms with van der Waals surface area (Å²) in [6, 6.07) is 0. The van der Waals surface area contributed by atoms with Crippen LogP contribution in [0.4, 0.5) is 18.0 Å². The number of likely N-dealkylation sites (tertiary alicyclic amines) is 1. The zero-order valence-corrected chi connectivity index (χ0v) is 14.5. The molecule has 0 aromatic carbocycles. The topological polar surface area (TPSA) is 91.6 Å². The van der Waals surface area contributed by atoms with Crippen LogP contribution in [0.25, 0.3) is 0 Å². The van der Waals surface area contributed by atoms with Gasteiger partial charge in [0.05, 0.1) is 6.54 Å². The average molecular weight is 387 g/mol. The maximum atomic E-state index is 13.1. The lowest BCUT2D eigenvalue weighted by atomic mass is 9.81. The summed E-state index contributed by atoms with van der Waals surface area (Å²) in [6.45, 7) is 0.822. The highest BCUT2D eigenvalue weighted by atomic mass is 19.4. The Balaban J connectivity index is 1.48. The number of hydrogen-bond donors (Lipinski definition) is 1. The van der Waals surface area contributed by atoms with Gasteiger partial charge >= 0.3 is 12.3 Å². The van der Waals surface area contributed by atoms with Gasteiger partial charge in [-0.25, -0.2) is 4.79 Å². The highest BCUT2D eigenvalue weighted by molar-refractivity contribution is 5.80. The fraction of sp³-hybridized carbons (Fsp3) is 0.750. The molecule has 0 spiro atoms. The minimum Gasteiger partial charge on any atom is -0.465 e. The molecule has 1 aliphatic carbocycles. The minimum absolute atomic E-state index is 0.00154. The smallest absolute Gasteiger partial charge is 0.451 e. The number of carboxylic acid groups (broad SMARTS) is 1. The van der Waals surface area contributed by atoms with Gasteiger partial charge in [0.15, 0.2) is 5.82 Å². The van der Waals surface area contributed by atoms with E-state index in [1.807, 2.05) is 0 Å². The van der Waals surface area contributed by atoms with Crippen molar-refractivity contribution < 1.29 is 27.9 Å². The summed E-state index contributed by atoms with van der Waals surface area (Å²) in [5.74, 6) is -0.966. The maximum absolute atomic E-state index is 13.1. The molecule has 2 atom stereocenters. The fourth-order valence-electron chi connectivity index (χ4n) is 4.25. The quantitative estimate of drug-likeness (QED) is 0.834. The van der Waals surface area contributed by atoms with Crippen LogP contribution < -0.4 is 0 Å². The zero-order chi connectivity index (χ0) is 19.3. The Labute approximate surface area is 152 Å². The molecular weight excluding hydrogens is 367 g/mol. The van der Waals surface area contributed by atoms with Gasteiger partial charge in [-0.15, -0.1) is 10.2 Å². The Morgan fingerprint density at radius 1 is 1.04 bits per heavy atom. The summed E-state index contributed by atoms with van der Waals surface area (Å²) < 4.78 is 39.9. The summed E-state index contributed by atoms with van der Waals surface area (Å²) in [6.07, 6.45) is -3.12. The molecule has 2 fully saturated rings. The highest BCUT2D eigenvalue weighted by Crippen LogP contribution is 2.44. The van der Waals surface area contributed by atoms with E-state index in [1.54, 1.807) is 4.90 Å². The van der Waals surface area contributed by atoms with Crippen molar-refractivity contribution in [3.05, 3.63) is 11.6 Å². The van der Waals surface area contributed by atoms with E-state index in [-0.39, 0.29) is 43.2 Å². The molecule has 0 unspecified atom stereocenters. The van der Waals surface area contributed by atoms with Crippen LogP contribution in [0.5, 0.6) is 0 Å². The summed E-state index contributed by atoms with van der Waals surface area (Å²) in [5, 5.41) is 16.1. The lowest BCUT2D eigenvalue weighted by molar-refractivity contribution is -0.148. The van der Waals surface area contributed by atoms with Crippen LogP contribution in [-0.2, 0) is 24.1 Å². The summed E-state index contributed by atoms with van der Waals surface area (Å²) >= 11 is 0. The van der Waals surface area contributed by atoms with E-state index in [2.05, 4.69) is 10.2 Å². The van der Waals surface area contributed by atoms with E-state index < -0.39 is 18.1 Å². The van der Waals surface area contributed by atoms with E-state index in [0.29, 0.717) is 25.4 Å². The lowest BCUT2D eigenvalue weighted by Crippen LogP contribution is -2.51. The molecule has 1 aromatic rings. The number of fused-ring (bicyclic) bond motifs is 1. The molecule has 1 saturated carbocycles. The number of hydrogen-bond acceptors (Lipinski definition) is 4. The number of aromatic nitrogens is 3. The third-order valence-corrected chi connectivity index (χ3v) is 5.79. The van der Waals surface area contributed by atoms with Crippen LogP contribution in [0.3, 0.4) is 0 Å². The first-order valence-corrected chi connectivity index (χ1v) is 9.01. The molecule has 27 heavy (non-hydrogen) atoms. The average Bonchev–Trinajstić information content (AvgIpc) is 3.37. The second-order valence-corrected chi connectivity index (χ2v) is 7.47. The predicted molar refractivity (Wildman–Crippen MR) is 84.4 cm³/mol. The summed E-state index contributed by atoms with van der Waals surface area (Å²) in [4.78, 5) is 27.2. The maximum Gasteiger partial charge on any atom is 0.451 e. The number of carbonyl (C=O) groups excluding carboxylic acids is 1. The second-order valence-electron chi connectivity index (χ2n) is 7.47. The van der Waals surface area contributed by atoms with Crippen molar-refractivity contribution in [3.63, 3.8) is 0 Å². The van der Waals surface area contributed by atoms with Crippen molar-refractivity contribution in [2.45, 2.75) is 38.5 Å². The highest BCUT2D eigenvalue weighted by Gasteiger charge is 2.46. The minimum atomic E-state index is -4.57. The van der Waals surface area contributed by atoms with Crippen molar-refractivity contribution >= 4 is 12.0 Å².